The SMILES string of the molecule is CCN(C1CNC1)S(=O)(=O)c1ccc(C#N)c(C)c1. The summed E-state index contributed by atoms with van der Waals surface area (Å²) in [6, 6.07) is 6.72. The van der Waals surface area contributed by atoms with Gasteiger partial charge >= 0.3 is 0 Å². The molecule has 0 saturated carbocycles. The van der Waals surface area contributed by atoms with Gasteiger partial charge in [0.2, 0.25) is 10.0 Å². The molecule has 1 N–H and O–H groups in total. The van der Waals surface area contributed by atoms with Gasteiger partial charge in [0, 0.05) is 25.7 Å². The summed E-state index contributed by atoms with van der Waals surface area (Å²) in [6.07, 6.45) is 0. The van der Waals surface area contributed by atoms with Gasteiger partial charge in [-0.05, 0) is 30.7 Å². The van der Waals surface area contributed by atoms with Crippen LogP contribution < -0.4 is 5.32 Å². The summed E-state index contributed by atoms with van der Waals surface area (Å²) in [5, 5.41) is 12.0. The van der Waals surface area contributed by atoms with E-state index in [0.717, 1.165) is 0 Å². The Morgan fingerprint density at radius 3 is 2.58 bits per heavy atom. The zero-order valence-electron chi connectivity index (χ0n) is 11.0. The summed E-state index contributed by atoms with van der Waals surface area (Å²) in [7, 11) is -3.47. The Morgan fingerprint density at radius 1 is 1.47 bits per heavy atom. The third-order valence-electron chi connectivity index (χ3n) is 3.40. The van der Waals surface area contributed by atoms with E-state index in [1.807, 2.05) is 13.0 Å². The van der Waals surface area contributed by atoms with Gasteiger partial charge in [-0.25, -0.2) is 8.42 Å². The Morgan fingerprint density at radius 2 is 2.16 bits per heavy atom. The zero-order valence-corrected chi connectivity index (χ0v) is 11.9. The van der Waals surface area contributed by atoms with Crippen molar-refractivity contribution in [2.24, 2.45) is 0 Å². The molecule has 19 heavy (non-hydrogen) atoms. The van der Waals surface area contributed by atoms with E-state index in [-0.39, 0.29) is 10.9 Å². The smallest absolute Gasteiger partial charge is 0.243 e. The number of hydrogen-bond acceptors (Lipinski definition) is 4. The van der Waals surface area contributed by atoms with Gasteiger partial charge in [-0.1, -0.05) is 6.92 Å². The summed E-state index contributed by atoms with van der Waals surface area (Å²) in [6.45, 7) is 5.43. The fourth-order valence-electron chi connectivity index (χ4n) is 2.16. The molecule has 0 bridgehead atoms. The first-order valence-corrected chi connectivity index (χ1v) is 7.68. The van der Waals surface area contributed by atoms with Gasteiger partial charge in [0.1, 0.15) is 0 Å². The van der Waals surface area contributed by atoms with Crippen molar-refractivity contribution in [3.8, 4) is 6.07 Å². The molecule has 0 aromatic heterocycles. The maximum absolute atomic E-state index is 12.6. The molecule has 1 aromatic rings. The van der Waals surface area contributed by atoms with E-state index in [1.165, 1.54) is 10.4 Å². The van der Waals surface area contributed by atoms with Crippen molar-refractivity contribution in [1.82, 2.24) is 9.62 Å². The predicted octanol–water partition coefficient (Wildman–Crippen LogP) is 0.849. The highest BCUT2D eigenvalue weighted by molar-refractivity contribution is 7.89. The molecular weight excluding hydrogens is 262 g/mol. The Labute approximate surface area is 113 Å². The molecule has 0 aliphatic carbocycles. The third kappa shape index (κ3) is 2.50. The third-order valence-corrected chi connectivity index (χ3v) is 5.43. The van der Waals surface area contributed by atoms with Crippen LogP contribution in [-0.4, -0.2) is 38.4 Å². The van der Waals surface area contributed by atoms with Crippen LogP contribution in [0.5, 0.6) is 0 Å². The van der Waals surface area contributed by atoms with E-state index >= 15 is 0 Å². The lowest BCUT2D eigenvalue weighted by Gasteiger charge is -2.36. The van der Waals surface area contributed by atoms with E-state index in [9.17, 15) is 8.42 Å². The molecule has 1 fully saturated rings. The number of benzene rings is 1. The second kappa shape index (κ2) is 5.29. The molecule has 2 rings (SSSR count). The molecule has 0 spiro atoms. The van der Waals surface area contributed by atoms with Gasteiger partial charge in [0.05, 0.1) is 16.5 Å². The number of nitrogens with one attached hydrogen (secondary N) is 1. The van der Waals surface area contributed by atoms with Crippen molar-refractivity contribution < 1.29 is 8.42 Å². The first-order valence-electron chi connectivity index (χ1n) is 6.24. The summed E-state index contributed by atoms with van der Waals surface area (Å²) >= 11 is 0. The van der Waals surface area contributed by atoms with Crippen LogP contribution in [0.15, 0.2) is 23.1 Å². The molecular formula is C13H17N3O2S. The molecule has 0 atom stereocenters. The van der Waals surface area contributed by atoms with E-state index in [4.69, 9.17) is 5.26 Å². The highest BCUT2D eigenvalue weighted by atomic mass is 32.2. The lowest BCUT2D eigenvalue weighted by molar-refractivity contribution is 0.249. The monoisotopic (exact) mass is 279 g/mol. The maximum atomic E-state index is 12.6. The summed E-state index contributed by atoms with van der Waals surface area (Å²) in [5.74, 6) is 0. The Hall–Kier alpha value is -1.42. The molecule has 6 heteroatoms. The maximum Gasteiger partial charge on any atom is 0.243 e. The minimum Gasteiger partial charge on any atom is -0.313 e. The topological polar surface area (TPSA) is 73.2 Å². The Bertz CT molecular complexity index is 615. The van der Waals surface area contributed by atoms with Crippen molar-refractivity contribution in [3.63, 3.8) is 0 Å². The molecule has 0 unspecified atom stereocenters. The molecule has 1 heterocycles. The fourth-order valence-corrected chi connectivity index (χ4v) is 3.88. The minimum absolute atomic E-state index is 0.0333. The summed E-state index contributed by atoms with van der Waals surface area (Å²) in [5.41, 5.74) is 1.19. The summed E-state index contributed by atoms with van der Waals surface area (Å²) < 4.78 is 26.6. The number of nitrogens with zero attached hydrogens (tertiary/aromatic N) is 2. The largest absolute Gasteiger partial charge is 0.313 e. The van der Waals surface area contributed by atoms with Gasteiger partial charge in [0.25, 0.3) is 0 Å². The van der Waals surface area contributed by atoms with Gasteiger partial charge < -0.3 is 5.32 Å². The lowest BCUT2D eigenvalue weighted by atomic mass is 10.1. The normalized spacial score (nSPS) is 16.1. The average molecular weight is 279 g/mol. The molecule has 0 amide bonds. The van der Waals surface area contributed by atoms with Crippen LogP contribution in [0.1, 0.15) is 18.1 Å². The van der Waals surface area contributed by atoms with Gasteiger partial charge in [-0.2, -0.15) is 9.57 Å². The van der Waals surface area contributed by atoms with Crippen LogP contribution >= 0.6 is 0 Å². The first-order chi connectivity index (χ1) is 9.00. The zero-order chi connectivity index (χ0) is 14.0. The van der Waals surface area contributed by atoms with Crippen LogP contribution in [0.4, 0.5) is 0 Å². The fraction of sp³-hybridized carbons (Fsp3) is 0.462. The first kappa shape index (κ1) is 14.0. The minimum atomic E-state index is -3.47. The standard InChI is InChI=1S/C13H17N3O2S/c1-3-16(12-8-15-9-12)19(17,18)13-5-4-11(7-14)10(2)6-13/h4-6,12,15H,3,8-9H2,1-2H3. The second-order valence-electron chi connectivity index (χ2n) is 4.61. The number of hydrogen-bond donors (Lipinski definition) is 1. The highest BCUT2D eigenvalue weighted by Gasteiger charge is 2.33. The van der Waals surface area contributed by atoms with Crippen LogP contribution in [0.2, 0.25) is 0 Å². The number of aryl methyl sites for hydroxylation is 1. The molecule has 5 nitrogen and oxygen atoms in total. The lowest BCUT2D eigenvalue weighted by Crippen LogP contribution is -2.58. The van der Waals surface area contributed by atoms with Gasteiger partial charge in [-0.15, -0.1) is 0 Å². The van der Waals surface area contributed by atoms with Crippen LogP contribution in [0.3, 0.4) is 0 Å². The van der Waals surface area contributed by atoms with Crippen molar-refractivity contribution >= 4 is 10.0 Å². The summed E-state index contributed by atoms with van der Waals surface area (Å²) in [4.78, 5) is 0.262. The second-order valence-corrected chi connectivity index (χ2v) is 6.50. The van der Waals surface area contributed by atoms with Gasteiger partial charge in [-0.3, -0.25) is 0 Å². The van der Waals surface area contributed by atoms with Gasteiger partial charge in [0.15, 0.2) is 0 Å². The molecule has 102 valence electrons. The Balaban J connectivity index is 2.38. The molecule has 0 radical (unpaired) electrons. The number of likely N-dealkylation sites (N-methyl/N-ethyl adjacent to an activating group) is 1. The molecule has 1 aromatic carbocycles. The number of rotatable bonds is 4. The van der Waals surface area contributed by atoms with E-state index in [1.54, 1.807) is 19.1 Å². The van der Waals surface area contributed by atoms with E-state index in [2.05, 4.69) is 5.32 Å². The predicted molar refractivity (Wildman–Crippen MR) is 72.1 cm³/mol. The van der Waals surface area contributed by atoms with Crippen LogP contribution in [0.25, 0.3) is 0 Å². The molecule has 1 saturated heterocycles. The van der Waals surface area contributed by atoms with Crippen LogP contribution in [-0.2, 0) is 10.0 Å². The van der Waals surface area contributed by atoms with Crippen molar-refractivity contribution in [2.45, 2.75) is 24.8 Å². The average Bonchev–Trinajstić information content (AvgIpc) is 2.33. The quantitative estimate of drug-likeness (QED) is 0.886. The molecule has 1 aliphatic rings. The van der Waals surface area contributed by atoms with Crippen LogP contribution in [0, 0.1) is 18.3 Å². The van der Waals surface area contributed by atoms with Crippen molar-refractivity contribution in [1.29, 1.82) is 5.26 Å². The molecule has 1 aliphatic heterocycles. The van der Waals surface area contributed by atoms with Crippen molar-refractivity contribution in [2.75, 3.05) is 19.6 Å². The highest BCUT2D eigenvalue weighted by Crippen LogP contribution is 2.22. The van der Waals surface area contributed by atoms with E-state index < -0.39 is 10.0 Å². The number of nitriles is 1. The Kier molecular flexibility index (Phi) is 3.90. The van der Waals surface area contributed by atoms with Crippen molar-refractivity contribution in [3.05, 3.63) is 29.3 Å². The van der Waals surface area contributed by atoms with E-state index in [0.29, 0.717) is 30.8 Å². The number of sulfonamides is 1.